The number of nitro groups is 1. The van der Waals surface area contributed by atoms with Crippen molar-refractivity contribution in [1.29, 1.82) is 0 Å². The molecule has 1 rings (SSSR count). The molecule has 0 radical (unpaired) electrons. The van der Waals surface area contributed by atoms with Crippen molar-refractivity contribution in [3.63, 3.8) is 0 Å². The second kappa shape index (κ2) is 5.03. The fraction of sp³-hybridized carbons (Fsp3) is 0.600. The molecule has 1 aromatic rings. The Hall–Kier alpha value is -2.12. The molecule has 0 aliphatic carbocycles. The molecule has 0 spiro atoms. The van der Waals surface area contributed by atoms with E-state index in [4.69, 9.17) is 0 Å². The van der Waals surface area contributed by atoms with Gasteiger partial charge in [0.2, 0.25) is 18.1 Å². The van der Waals surface area contributed by atoms with Crippen LogP contribution >= 0.6 is 0 Å². The summed E-state index contributed by atoms with van der Waals surface area (Å²) in [5.41, 5.74) is -0.336. The van der Waals surface area contributed by atoms with E-state index in [0.29, 0.717) is 0 Å². The topological polar surface area (TPSA) is 102 Å². The number of imidazole rings is 1. The van der Waals surface area contributed by atoms with Crippen molar-refractivity contribution in [2.24, 2.45) is 7.05 Å². The molecular weight excluding hydrogens is 238 g/mol. The third-order valence-electron chi connectivity index (χ3n) is 2.02. The first kappa shape index (κ1) is 13.9. The molecular formula is C10H17N5O3. The molecule has 0 aliphatic rings. The van der Waals surface area contributed by atoms with Crippen LogP contribution in [-0.4, -0.2) is 32.5 Å². The van der Waals surface area contributed by atoms with Crippen molar-refractivity contribution in [1.82, 2.24) is 14.9 Å². The van der Waals surface area contributed by atoms with Gasteiger partial charge < -0.3 is 20.7 Å². The number of amides is 1. The van der Waals surface area contributed by atoms with Crippen LogP contribution in [0.15, 0.2) is 6.33 Å². The standard InChI is InChI=1S/C10H17N5O3/c1-10(2,3)13-7(16)5-11-8-9(15(17)18)12-6-14(8)4/h6,11H,5H2,1-4H3,(H,13,16). The monoisotopic (exact) mass is 255 g/mol. The summed E-state index contributed by atoms with van der Waals surface area (Å²) < 4.78 is 1.46. The highest BCUT2D eigenvalue weighted by atomic mass is 16.6. The lowest BCUT2D eigenvalue weighted by atomic mass is 10.1. The van der Waals surface area contributed by atoms with Crippen molar-refractivity contribution < 1.29 is 9.72 Å². The van der Waals surface area contributed by atoms with Crippen LogP contribution in [0, 0.1) is 10.1 Å². The van der Waals surface area contributed by atoms with Gasteiger partial charge in [0.25, 0.3) is 0 Å². The normalized spacial score (nSPS) is 11.1. The summed E-state index contributed by atoms with van der Waals surface area (Å²) in [6, 6.07) is 0. The highest BCUT2D eigenvalue weighted by molar-refractivity contribution is 5.81. The molecule has 0 aliphatic heterocycles. The minimum absolute atomic E-state index is 0.0440. The number of rotatable bonds is 4. The molecule has 0 fully saturated rings. The minimum atomic E-state index is -0.593. The number of aryl methyl sites for hydroxylation is 1. The summed E-state index contributed by atoms with van der Waals surface area (Å²) >= 11 is 0. The van der Waals surface area contributed by atoms with Crippen molar-refractivity contribution in [3.05, 3.63) is 16.4 Å². The summed E-state index contributed by atoms with van der Waals surface area (Å²) in [7, 11) is 1.62. The van der Waals surface area contributed by atoms with Crippen LogP contribution in [0.4, 0.5) is 11.6 Å². The van der Waals surface area contributed by atoms with Crippen LogP contribution in [0.1, 0.15) is 20.8 Å². The van der Waals surface area contributed by atoms with Gasteiger partial charge in [0.05, 0.1) is 6.54 Å². The number of nitrogens with one attached hydrogen (secondary N) is 2. The van der Waals surface area contributed by atoms with E-state index in [1.54, 1.807) is 7.05 Å². The van der Waals surface area contributed by atoms with Gasteiger partial charge in [0.15, 0.2) is 0 Å². The average Bonchev–Trinajstić information content (AvgIpc) is 2.54. The lowest BCUT2D eigenvalue weighted by Gasteiger charge is -2.20. The lowest BCUT2D eigenvalue weighted by molar-refractivity contribution is -0.388. The number of hydrogen-bond acceptors (Lipinski definition) is 5. The fourth-order valence-electron chi connectivity index (χ4n) is 1.38. The Morgan fingerprint density at radius 1 is 1.56 bits per heavy atom. The van der Waals surface area contributed by atoms with Gasteiger partial charge >= 0.3 is 5.82 Å². The summed E-state index contributed by atoms with van der Waals surface area (Å²) in [5.74, 6) is -0.317. The van der Waals surface area contributed by atoms with E-state index in [-0.39, 0.29) is 29.6 Å². The molecule has 0 aromatic carbocycles. The lowest BCUT2D eigenvalue weighted by Crippen LogP contribution is -2.43. The first-order valence-electron chi connectivity index (χ1n) is 5.41. The molecule has 100 valence electrons. The number of carbonyl (C=O) groups is 1. The molecule has 1 amide bonds. The molecule has 8 nitrogen and oxygen atoms in total. The molecule has 0 unspecified atom stereocenters. The second-order valence-electron chi connectivity index (χ2n) is 4.94. The highest BCUT2D eigenvalue weighted by Crippen LogP contribution is 2.20. The predicted octanol–water partition coefficient (Wildman–Crippen LogP) is 0.655. The van der Waals surface area contributed by atoms with Gasteiger partial charge in [0, 0.05) is 12.6 Å². The van der Waals surface area contributed by atoms with Crippen molar-refractivity contribution >= 4 is 17.5 Å². The van der Waals surface area contributed by atoms with Gasteiger partial charge in [-0.2, -0.15) is 0 Å². The van der Waals surface area contributed by atoms with Gasteiger partial charge in [0.1, 0.15) is 0 Å². The molecule has 2 N–H and O–H groups in total. The Kier molecular flexibility index (Phi) is 3.89. The van der Waals surface area contributed by atoms with Crippen LogP contribution in [0.2, 0.25) is 0 Å². The molecule has 0 saturated heterocycles. The number of carbonyl (C=O) groups excluding carboxylic acids is 1. The molecule has 1 aromatic heterocycles. The minimum Gasteiger partial charge on any atom is -0.358 e. The van der Waals surface area contributed by atoms with Crippen molar-refractivity contribution in [3.8, 4) is 0 Å². The molecule has 0 atom stereocenters. The first-order chi connectivity index (χ1) is 8.20. The van der Waals surface area contributed by atoms with E-state index in [2.05, 4.69) is 15.6 Å². The summed E-state index contributed by atoms with van der Waals surface area (Å²) in [6.07, 6.45) is 1.32. The van der Waals surface area contributed by atoms with Crippen LogP contribution in [-0.2, 0) is 11.8 Å². The largest absolute Gasteiger partial charge is 0.406 e. The first-order valence-corrected chi connectivity index (χ1v) is 5.41. The zero-order valence-corrected chi connectivity index (χ0v) is 10.9. The maximum atomic E-state index is 11.6. The number of nitrogens with zero attached hydrogens (tertiary/aromatic N) is 3. The maximum absolute atomic E-state index is 11.6. The maximum Gasteiger partial charge on any atom is 0.406 e. The number of hydrogen-bond donors (Lipinski definition) is 2. The third kappa shape index (κ3) is 3.72. The summed E-state index contributed by atoms with van der Waals surface area (Å²) in [5, 5.41) is 16.2. The molecule has 0 bridgehead atoms. The van der Waals surface area contributed by atoms with Crippen LogP contribution < -0.4 is 10.6 Å². The average molecular weight is 255 g/mol. The van der Waals surface area contributed by atoms with E-state index in [9.17, 15) is 14.9 Å². The van der Waals surface area contributed by atoms with E-state index < -0.39 is 4.92 Å². The smallest absolute Gasteiger partial charge is 0.358 e. The molecule has 1 heterocycles. The van der Waals surface area contributed by atoms with Crippen LogP contribution in [0.3, 0.4) is 0 Å². The van der Waals surface area contributed by atoms with Gasteiger partial charge in [-0.3, -0.25) is 9.36 Å². The Morgan fingerprint density at radius 3 is 2.67 bits per heavy atom. The molecule has 18 heavy (non-hydrogen) atoms. The zero-order chi connectivity index (χ0) is 13.9. The van der Waals surface area contributed by atoms with Crippen LogP contribution in [0.5, 0.6) is 0 Å². The quantitative estimate of drug-likeness (QED) is 0.607. The van der Waals surface area contributed by atoms with Gasteiger partial charge in [-0.05, 0) is 30.7 Å². The Bertz CT molecular complexity index is 461. The summed E-state index contributed by atoms with van der Waals surface area (Å²) in [6.45, 7) is 5.53. The predicted molar refractivity (Wildman–Crippen MR) is 66.2 cm³/mol. The van der Waals surface area contributed by atoms with Crippen molar-refractivity contribution in [2.75, 3.05) is 11.9 Å². The Morgan fingerprint density at radius 2 is 2.17 bits per heavy atom. The summed E-state index contributed by atoms with van der Waals surface area (Å²) in [4.78, 5) is 25.3. The zero-order valence-electron chi connectivity index (χ0n) is 10.9. The fourth-order valence-corrected chi connectivity index (χ4v) is 1.38. The van der Waals surface area contributed by atoms with E-state index in [1.807, 2.05) is 20.8 Å². The number of anilines is 1. The number of aromatic nitrogens is 2. The van der Waals surface area contributed by atoms with Crippen LogP contribution in [0.25, 0.3) is 0 Å². The Labute approximate surface area is 105 Å². The molecule has 0 saturated carbocycles. The SMILES string of the molecule is Cn1cnc([N+](=O)[O-])c1NCC(=O)NC(C)(C)C. The van der Waals surface area contributed by atoms with E-state index >= 15 is 0 Å². The van der Waals surface area contributed by atoms with E-state index in [0.717, 1.165) is 0 Å². The van der Waals surface area contributed by atoms with Gasteiger partial charge in [-0.1, -0.05) is 0 Å². The van der Waals surface area contributed by atoms with Crippen molar-refractivity contribution in [2.45, 2.75) is 26.3 Å². The van der Waals surface area contributed by atoms with Gasteiger partial charge in [-0.25, -0.2) is 0 Å². The van der Waals surface area contributed by atoms with Gasteiger partial charge in [-0.15, -0.1) is 0 Å². The Balaban J connectivity index is 2.67. The highest BCUT2D eigenvalue weighted by Gasteiger charge is 2.21. The molecule has 8 heteroatoms. The van der Waals surface area contributed by atoms with E-state index in [1.165, 1.54) is 10.9 Å². The third-order valence-corrected chi connectivity index (χ3v) is 2.02. The second-order valence-corrected chi connectivity index (χ2v) is 4.94.